The van der Waals surface area contributed by atoms with Gasteiger partial charge in [0.15, 0.2) is 0 Å². The largest absolute Gasteiger partial charge is 0.478 e. The smallest absolute Gasteiger partial charge is 0.335 e. The monoisotopic (exact) mass is 346 g/mol. The topological polar surface area (TPSA) is 52.6 Å². The summed E-state index contributed by atoms with van der Waals surface area (Å²) in [7, 11) is 0. The number of carbonyl (C=O) groups is 1. The quantitative estimate of drug-likeness (QED) is 0.813. The van der Waals surface area contributed by atoms with Crippen LogP contribution < -0.4 is 5.32 Å². The number of halogens is 1. The van der Waals surface area contributed by atoms with E-state index in [4.69, 9.17) is 5.11 Å². The first-order valence-electron chi connectivity index (χ1n) is 5.61. The van der Waals surface area contributed by atoms with Gasteiger partial charge in [0.2, 0.25) is 0 Å². The third-order valence-electron chi connectivity index (χ3n) is 2.90. The lowest BCUT2D eigenvalue weighted by Crippen LogP contribution is -2.43. The van der Waals surface area contributed by atoms with Crippen LogP contribution in [-0.2, 0) is 6.54 Å². The number of benzene rings is 1. The van der Waals surface area contributed by atoms with Crippen molar-refractivity contribution in [3.63, 3.8) is 0 Å². The summed E-state index contributed by atoms with van der Waals surface area (Å²) in [5.74, 6) is -0.864. The normalized spacial score (nSPS) is 17.0. The highest BCUT2D eigenvalue weighted by Gasteiger charge is 2.12. The highest BCUT2D eigenvalue weighted by atomic mass is 127. The molecule has 1 saturated heterocycles. The molecule has 1 aliphatic heterocycles. The fourth-order valence-corrected chi connectivity index (χ4v) is 2.60. The molecule has 1 heterocycles. The molecule has 0 aromatic heterocycles. The number of carboxylic acids is 1. The van der Waals surface area contributed by atoms with E-state index in [1.807, 2.05) is 6.07 Å². The Morgan fingerprint density at radius 3 is 2.71 bits per heavy atom. The molecular formula is C12H15IN2O2. The lowest BCUT2D eigenvalue weighted by molar-refractivity contribution is 0.0697. The van der Waals surface area contributed by atoms with E-state index in [1.54, 1.807) is 12.1 Å². The molecule has 0 spiro atoms. The summed E-state index contributed by atoms with van der Waals surface area (Å²) in [6, 6.07) is 5.34. The Morgan fingerprint density at radius 1 is 1.41 bits per heavy atom. The minimum absolute atomic E-state index is 0.360. The molecule has 5 heteroatoms. The third-order valence-corrected chi connectivity index (χ3v) is 3.91. The van der Waals surface area contributed by atoms with Gasteiger partial charge in [-0.05, 0) is 40.3 Å². The zero-order valence-corrected chi connectivity index (χ0v) is 11.6. The van der Waals surface area contributed by atoms with Crippen LogP contribution in [0.5, 0.6) is 0 Å². The maximum Gasteiger partial charge on any atom is 0.335 e. The molecule has 0 bridgehead atoms. The van der Waals surface area contributed by atoms with Crippen molar-refractivity contribution >= 4 is 28.6 Å². The molecule has 92 valence electrons. The molecule has 4 nitrogen and oxygen atoms in total. The summed E-state index contributed by atoms with van der Waals surface area (Å²) in [4.78, 5) is 13.2. The van der Waals surface area contributed by atoms with Crippen LogP contribution in [0.3, 0.4) is 0 Å². The van der Waals surface area contributed by atoms with Gasteiger partial charge in [0.1, 0.15) is 0 Å². The van der Waals surface area contributed by atoms with Crippen molar-refractivity contribution in [1.29, 1.82) is 0 Å². The molecule has 2 N–H and O–H groups in total. The van der Waals surface area contributed by atoms with Gasteiger partial charge >= 0.3 is 5.97 Å². The molecule has 0 unspecified atom stereocenters. The maximum absolute atomic E-state index is 10.8. The number of aromatic carboxylic acids is 1. The van der Waals surface area contributed by atoms with E-state index < -0.39 is 5.97 Å². The summed E-state index contributed by atoms with van der Waals surface area (Å²) in [5.41, 5.74) is 1.57. The summed E-state index contributed by atoms with van der Waals surface area (Å²) >= 11 is 2.21. The average molecular weight is 346 g/mol. The van der Waals surface area contributed by atoms with E-state index in [2.05, 4.69) is 32.8 Å². The average Bonchev–Trinajstić information content (AvgIpc) is 2.33. The fourth-order valence-electron chi connectivity index (χ4n) is 1.92. The second kappa shape index (κ2) is 5.79. The Bertz CT molecular complexity index is 417. The number of nitrogens with one attached hydrogen (secondary N) is 1. The van der Waals surface area contributed by atoms with Crippen LogP contribution in [0.15, 0.2) is 18.2 Å². The molecule has 0 atom stereocenters. The zero-order chi connectivity index (χ0) is 12.3. The van der Waals surface area contributed by atoms with Crippen LogP contribution >= 0.6 is 22.6 Å². The molecule has 2 rings (SSSR count). The maximum atomic E-state index is 10.8. The predicted molar refractivity (Wildman–Crippen MR) is 74.3 cm³/mol. The molecule has 17 heavy (non-hydrogen) atoms. The first kappa shape index (κ1) is 12.8. The van der Waals surface area contributed by atoms with E-state index >= 15 is 0 Å². The number of carboxylic acid groups (broad SMARTS) is 1. The Morgan fingerprint density at radius 2 is 2.12 bits per heavy atom. The van der Waals surface area contributed by atoms with Crippen molar-refractivity contribution in [3.8, 4) is 0 Å². The Kier molecular flexibility index (Phi) is 4.36. The zero-order valence-electron chi connectivity index (χ0n) is 9.45. The van der Waals surface area contributed by atoms with Crippen molar-refractivity contribution in [2.75, 3.05) is 26.2 Å². The van der Waals surface area contributed by atoms with Gasteiger partial charge in [0.25, 0.3) is 0 Å². The van der Waals surface area contributed by atoms with Crippen LogP contribution in [0.4, 0.5) is 0 Å². The summed E-state index contributed by atoms with van der Waals surface area (Å²) in [5, 5.41) is 12.2. The van der Waals surface area contributed by atoms with Crippen molar-refractivity contribution < 1.29 is 9.90 Å². The number of piperazine rings is 1. The highest BCUT2D eigenvalue weighted by Crippen LogP contribution is 2.17. The number of hydrogen-bond acceptors (Lipinski definition) is 3. The van der Waals surface area contributed by atoms with E-state index in [1.165, 1.54) is 5.56 Å². The first-order chi connectivity index (χ1) is 8.16. The molecule has 0 saturated carbocycles. The summed E-state index contributed by atoms with van der Waals surface area (Å²) in [6.45, 7) is 5.07. The van der Waals surface area contributed by atoms with Crippen LogP contribution in [0.25, 0.3) is 0 Å². The van der Waals surface area contributed by atoms with E-state index in [9.17, 15) is 4.79 Å². The van der Waals surface area contributed by atoms with Crippen LogP contribution in [0.2, 0.25) is 0 Å². The van der Waals surface area contributed by atoms with Gasteiger partial charge in [-0.15, -0.1) is 0 Å². The molecule has 1 fully saturated rings. The number of nitrogens with zero attached hydrogens (tertiary/aromatic N) is 1. The highest BCUT2D eigenvalue weighted by molar-refractivity contribution is 14.1. The Hall–Kier alpha value is -0.660. The van der Waals surface area contributed by atoms with Gasteiger partial charge in [-0.25, -0.2) is 4.79 Å². The van der Waals surface area contributed by atoms with Crippen molar-refractivity contribution in [2.45, 2.75) is 6.54 Å². The minimum atomic E-state index is -0.864. The second-order valence-electron chi connectivity index (χ2n) is 4.14. The number of rotatable bonds is 3. The third kappa shape index (κ3) is 3.40. The first-order valence-corrected chi connectivity index (χ1v) is 6.69. The fraction of sp³-hybridized carbons (Fsp3) is 0.417. The van der Waals surface area contributed by atoms with Gasteiger partial charge in [0.05, 0.1) is 5.56 Å². The molecular weight excluding hydrogens is 331 g/mol. The van der Waals surface area contributed by atoms with Crippen LogP contribution in [0.1, 0.15) is 15.9 Å². The molecule has 0 radical (unpaired) electrons. The Labute approximate surface area is 114 Å². The molecule has 0 amide bonds. The lowest BCUT2D eigenvalue weighted by atomic mass is 10.1. The predicted octanol–water partition coefficient (Wildman–Crippen LogP) is 1.39. The molecule has 1 aliphatic rings. The van der Waals surface area contributed by atoms with Crippen molar-refractivity contribution in [1.82, 2.24) is 10.2 Å². The van der Waals surface area contributed by atoms with Gasteiger partial charge in [-0.3, -0.25) is 4.90 Å². The SMILES string of the molecule is O=C(O)c1ccc(CN2CCNCC2)c(I)c1. The second-order valence-corrected chi connectivity index (χ2v) is 5.30. The summed E-state index contributed by atoms with van der Waals surface area (Å²) < 4.78 is 1.03. The standard InChI is InChI=1S/C12H15IN2O2/c13-11-7-9(12(16)17)1-2-10(11)8-15-5-3-14-4-6-15/h1-2,7,14H,3-6,8H2,(H,16,17). The van der Waals surface area contributed by atoms with Crippen molar-refractivity contribution in [2.24, 2.45) is 0 Å². The van der Waals surface area contributed by atoms with Gasteiger partial charge in [0, 0.05) is 36.3 Å². The van der Waals surface area contributed by atoms with Crippen LogP contribution in [0, 0.1) is 3.57 Å². The van der Waals surface area contributed by atoms with Gasteiger partial charge in [-0.1, -0.05) is 6.07 Å². The van der Waals surface area contributed by atoms with Gasteiger partial charge in [-0.2, -0.15) is 0 Å². The Balaban J connectivity index is 2.08. The molecule has 1 aromatic carbocycles. The number of hydrogen-bond donors (Lipinski definition) is 2. The van der Waals surface area contributed by atoms with E-state index in [0.717, 1.165) is 36.3 Å². The van der Waals surface area contributed by atoms with Gasteiger partial charge < -0.3 is 10.4 Å². The van der Waals surface area contributed by atoms with E-state index in [0.29, 0.717) is 5.56 Å². The van der Waals surface area contributed by atoms with Crippen LogP contribution in [-0.4, -0.2) is 42.2 Å². The molecule has 1 aromatic rings. The molecule has 0 aliphatic carbocycles. The van der Waals surface area contributed by atoms with Crippen molar-refractivity contribution in [3.05, 3.63) is 32.9 Å². The minimum Gasteiger partial charge on any atom is -0.478 e. The summed E-state index contributed by atoms with van der Waals surface area (Å²) in [6.07, 6.45) is 0. The lowest BCUT2D eigenvalue weighted by Gasteiger charge is -2.27. The van der Waals surface area contributed by atoms with E-state index in [-0.39, 0.29) is 0 Å².